The highest BCUT2D eigenvalue weighted by atomic mass is 19.1. The molecule has 0 radical (unpaired) electrons. The third kappa shape index (κ3) is 5.34. The van der Waals surface area contributed by atoms with Gasteiger partial charge in [-0.1, -0.05) is 25.7 Å². The minimum atomic E-state index is -0.485. The molecule has 2 rings (SSSR count). The molecule has 0 spiro atoms. The monoisotopic (exact) mass is 295 g/mol. The Morgan fingerprint density at radius 1 is 1.24 bits per heavy atom. The Bertz CT molecular complexity index is 471. The molecular weight excluding hydrogens is 273 g/mol. The number of hydrogen-bond donors (Lipinski definition) is 2. The minimum Gasteiger partial charge on any atom is -0.484 e. The normalized spacial score (nSPS) is 16.3. The zero-order valence-corrected chi connectivity index (χ0v) is 12.1. The van der Waals surface area contributed by atoms with Gasteiger partial charge in [-0.25, -0.2) is 4.39 Å². The first kappa shape index (κ1) is 15.8. The maximum Gasteiger partial charge on any atom is 0.258 e. The second kappa shape index (κ2) is 7.98. The van der Waals surface area contributed by atoms with Crippen LogP contribution in [0.4, 0.5) is 4.39 Å². The Labute approximate surface area is 124 Å². The summed E-state index contributed by atoms with van der Waals surface area (Å²) >= 11 is 0. The summed E-state index contributed by atoms with van der Waals surface area (Å²) in [5, 5.41) is 12.0. The van der Waals surface area contributed by atoms with E-state index < -0.39 is 5.82 Å². The van der Waals surface area contributed by atoms with E-state index >= 15 is 0 Å². The van der Waals surface area contributed by atoms with Crippen LogP contribution in [-0.2, 0) is 11.4 Å². The molecule has 1 aliphatic rings. The van der Waals surface area contributed by atoms with Crippen LogP contribution >= 0.6 is 0 Å². The van der Waals surface area contributed by atoms with E-state index in [0.29, 0.717) is 5.56 Å². The fourth-order valence-corrected chi connectivity index (χ4v) is 2.64. The van der Waals surface area contributed by atoms with E-state index in [-0.39, 0.29) is 30.9 Å². The maximum atomic E-state index is 13.3. The Hall–Kier alpha value is -1.62. The van der Waals surface area contributed by atoms with Crippen molar-refractivity contribution >= 4 is 5.91 Å². The fourth-order valence-electron chi connectivity index (χ4n) is 2.64. The summed E-state index contributed by atoms with van der Waals surface area (Å²) < 4.78 is 18.6. The lowest BCUT2D eigenvalue weighted by Gasteiger charge is -2.16. The lowest BCUT2D eigenvalue weighted by Crippen LogP contribution is -2.37. The average Bonchev–Trinajstić information content (AvgIpc) is 2.73. The van der Waals surface area contributed by atoms with Gasteiger partial charge in [-0.3, -0.25) is 4.79 Å². The third-order valence-corrected chi connectivity index (χ3v) is 3.70. The Morgan fingerprint density at radius 3 is 2.62 bits per heavy atom. The highest BCUT2D eigenvalue weighted by Gasteiger charge is 2.15. The van der Waals surface area contributed by atoms with Crippen molar-refractivity contribution in [2.45, 2.75) is 51.2 Å². The number of halogens is 1. The van der Waals surface area contributed by atoms with Gasteiger partial charge in [0.15, 0.2) is 6.61 Å². The van der Waals surface area contributed by atoms with Gasteiger partial charge in [-0.2, -0.15) is 0 Å². The van der Waals surface area contributed by atoms with E-state index in [1.165, 1.54) is 31.0 Å². The van der Waals surface area contributed by atoms with Crippen molar-refractivity contribution in [3.05, 3.63) is 29.6 Å². The summed E-state index contributed by atoms with van der Waals surface area (Å²) in [6, 6.07) is 4.20. The van der Waals surface area contributed by atoms with Gasteiger partial charge in [0.2, 0.25) is 0 Å². The van der Waals surface area contributed by atoms with Gasteiger partial charge in [0.05, 0.1) is 6.61 Å². The van der Waals surface area contributed by atoms with Crippen LogP contribution in [0, 0.1) is 5.82 Å². The second-order valence-corrected chi connectivity index (χ2v) is 5.50. The van der Waals surface area contributed by atoms with Crippen LogP contribution in [0.5, 0.6) is 5.75 Å². The molecule has 1 aliphatic carbocycles. The van der Waals surface area contributed by atoms with Gasteiger partial charge in [-0.15, -0.1) is 0 Å². The molecule has 0 aromatic heterocycles. The molecule has 1 saturated carbocycles. The van der Waals surface area contributed by atoms with Crippen molar-refractivity contribution in [1.82, 2.24) is 5.32 Å². The summed E-state index contributed by atoms with van der Waals surface area (Å²) in [4.78, 5) is 11.9. The molecule has 2 N–H and O–H groups in total. The Balaban J connectivity index is 1.81. The van der Waals surface area contributed by atoms with Gasteiger partial charge in [0, 0.05) is 12.1 Å². The molecule has 1 fully saturated rings. The van der Waals surface area contributed by atoms with Gasteiger partial charge in [0.25, 0.3) is 5.91 Å². The molecule has 1 aromatic rings. The molecule has 0 saturated heterocycles. The highest BCUT2D eigenvalue weighted by Crippen LogP contribution is 2.18. The molecule has 0 unspecified atom stereocenters. The number of rotatable bonds is 5. The number of carbonyl (C=O) groups excluding carboxylic acids is 1. The van der Waals surface area contributed by atoms with Crippen LogP contribution in [0.2, 0.25) is 0 Å². The van der Waals surface area contributed by atoms with E-state index in [9.17, 15) is 9.18 Å². The molecule has 0 atom stereocenters. The summed E-state index contributed by atoms with van der Waals surface area (Å²) in [7, 11) is 0. The summed E-state index contributed by atoms with van der Waals surface area (Å²) in [6.45, 7) is -0.396. The van der Waals surface area contributed by atoms with Crippen LogP contribution in [0.3, 0.4) is 0 Å². The number of aliphatic hydroxyl groups excluding tert-OH is 1. The van der Waals surface area contributed by atoms with E-state index in [0.717, 1.165) is 25.7 Å². The minimum absolute atomic E-state index is 0.134. The predicted molar refractivity (Wildman–Crippen MR) is 77.5 cm³/mol. The van der Waals surface area contributed by atoms with E-state index in [1.54, 1.807) is 0 Å². The van der Waals surface area contributed by atoms with Crippen LogP contribution < -0.4 is 10.1 Å². The molecule has 116 valence electrons. The lowest BCUT2D eigenvalue weighted by atomic mass is 10.1. The summed E-state index contributed by atoms with van der Waals surface area (Å²) in [5.41, 5.74) is 0.425. The van der Waals surface area contributed by atoms with Crippen LogP contribution in [0.15, 0.2) is 18.2 Å². The van der Waals surface area contributed by atoms with Crippen LogP contribution in [0.1, 0.15) is 44.1 Å². The quantitative estimate of drug-likeness (QED) is 0.821. The second-order valence-electron chi connectivity index (χ2n) is 5.50. The molecule has 1 aromatic carbocycles. The highest BCUT2D eigenvalue weighted by molar-refractivity contribution is 5.77. The predicted octanol–water partition coefficient (Wildman–Crippen LogP) is 2.54. The van der Waals surface area contributed by atoms with Crippen molar-refractivity contribution < 1.29 is 19.0 Å². The standard InChI is InChI=1S/C16H22FNO3/c17-13-7-12(10-19)8-15(9-13)21-11-16(20)18-14-5-3-1-2-4-6-14/h7-9,14,19H,1-6,10-11H2,(H,18,20). The average molecular weight is 295 g/mol. The number of ether oxygens (including phenoxy) is 1. The van der Waals surface area contributed by atoms with Gasteiger partial charge < -0.3 is 15.2 Å². The first-order chi connectivity index (χ1) is 10.2. The fraction of sp³-hybridized carbons (Fsp3) is 0.562. The zero-order chi connectivity index (χ0) is 15.1. The molecule has 1 amide bonds. The molecule has 5 heteroatoms. The number of hydrogen-bond acceptors (Lipinski definition) is 3. The SMILES string of the molecule is O=C(COc1cc(F)cc(CO)c1)NC1CCCCCC1. The third-order valence-electron chi connectivity index (χ3n) is 3.70. The Morgan fingerprint density at radius 2 is 1.95 bits per heavy atom. The van der Waals surface area contributed by atoms with E-state index in [1.807, 2.05) is 0 Å². The van der Waals surface area contributed by atoms with Gasteiger partial charge >= 0.3 is 0 Å². The van der Waals surface area contributed by atoms with Crippen molar-refractivity contribution in [2.24, 2.45) is 0 Å². The largest absolute Gasteiger partial charge is 0.484 e. The van der Waals surface area contributed by atoms with E-state index in [2.05, 4.69) is 5.32 Å². The van der Waals surface area contributed by atoms with Crippen molar-refractivity contribution in [2.75, 3.05) is 6.61 Å². The lowest BCUT2D eigenvalue weighted by molar-refractivity contribution is -0.123. The number of aliphatic hydroxyl groups is 1. The summed E-state index contributed by atoms with van der Waals surface area (Å²) in [5.74, 6) is -0.410. The Kier molecular flexibility index (Phi) is 5.99. The van der Waals surface area contributed by atoms with Crippen LogP contribution in [-0.4, -0.2) is 23.7 Å². The van der Waals surface area contributed by atoms with Crippen LogP contribution in [0.25, 0.3) is 0 Å². The van der Waals surface area contributed by atoms with Crippen molar-refractivity contribution in [3.8, 4) is 5.75 Å². The van der Waals surface area contributed by atoms with Crippen molar-refractivity contribution in [1.29, 1.82) is 0 Å². The number of nitrogens with one attached hydrogen (secondary N) is 1. The summed E-state index contributed by atoms with van der Waals surface area (Å²) in [6.07, 6.45) is 6.79. The zero-order valence-electron chi connectivity index (χ0n) is 12.1. The molecular formula is C16H22FNO3. The number of benzene rings is 1. The number of amides is 1. The smallest absolute Gasteiger partial charge is 0.258 e. The molecule has 0 heterocycles. The number of carbonyl (C=O) groups is 1. The molecule has 21 heavy (non-hydrogen) atoms. The first-order valence-corrected chi connectivity index (χ1v) is 7.50. The van der Waals surface area contributed by atoms with Gasteiger partial charge in [0.1, 0.15) is 11.6 Å². The van der Waals surface area contributed by atoms with Gasteiger partial charge in [-0.05, 0) is 30.5 Å². The molecule has 0 aliphatic heterocycles. The molecule has 4 nitrogen and oxygen atoms in total. The topological polar surface area (TPSA) is 58.6 Å². The van der Waals surface area contributed by atoms with E-state index in [4.69, 9.17) is 9.84 Å². The first-order valence-electron chi connectivity index (χ1n) is 7.50. The van der Waals surface area contributed by atoms with Crippen molar-refractivity contribution in [3.63, 3.8) is 0 Å². The maximum absolute atomic E-state index is 13.3. The molecule has 0 bridgehead atoms.